The van der Waals surface area contributed by atoms with Gasteiger partial charge in [-0.3, -0.25) is 0 Å². The van der Waals surface area contributed by atoms with Crippen molar-refractivity contribution in [2.45, 2.75) is 96.1 Å². The van der Waals surface area contributed by atoms with Crippen molar-refractivity contribution in [3.8, 4) is 22.3 Å². The van der Waals surface area contributed by atoms with Crippen molar-refractivity contribution in [2.24, 2.45) is 5.92 Å². The monoisotopic (exact) mass is 786 g/mol. The van der Waals surface area contributed by atoms with Crippen molar-refractivity contribution in [2.75, 3.05) is 0 Å². The van der Waals surface area contributed by atoms with Gasteiger partial charge < -0.3 is 0 Å². The van der Waals surface area contributed by atoms with Crippen molar-refractivity contribution in [1.82, 2.24) is 0 Å². The van der Waals surface area contributed by atoms with Gasteiger partial charge in [-0.15, -0.1) is 24.8 Å². The first-order valence-corrected chi connectivity index (χ1v) is 31.7. The predicted octanol–water partition coefficient (Wildman–Crippen LogP) is 13.7. The molecular weight excluding hydrogens is 731 g/mol. The third kappa shape index (κ3) is 7.24. The Balaban J connectivity index is 0.00000270. The predicted molar refractivity (Wildman–Crippen MR) is 222 cm³/mol. The van der Waals surface area contributed by atoms with Gasteiger partial charge in [-0.1, -0.05) is 0 Å². The van der Waals surface area contributed by atoms with Crippen molar-refractivity contribution >= 4 is 43.8 Å². The Morgan fingerprint density at radius 2 is 1.18 bits per heavy atom. The third-order valence-electron chi connectivity index (χ3n) is 11.5. The Labute approximate surface area is 312 Å². The van der Waals surface area contributed by atoms with Crippen molar-refractivity contribution < 1.29 is 17.4 Å². The Morgan fingerprint density at radius 3 is 1.67 bits per heavy atom. The topological polar surface area (TPSA) is 0 Å². The molecule has 0 nitrogen and oxygen atoms in total. The number of fused-ring (bicyclic) bond motifs is 2. The van der Waals surface area contributed by atoms with Crippen LogP contribution >= 0.6 is 24.8 Å². The van der Waals surface area contributed by atoms with Crippen LogP contribution in [0.5, 0.6) is 0 Å². The van der Waals surface area contributed by atoms with Crippen LogP contribution in [0.25, 0.3) is 34.4 Å². The molecule has 0 radical (unpaired) electrons. The third-order valence-corrected chi connectivity index (χ3v) is 29.1. The molecule has 0 heterocycles. The van der Waals surface area contributed by atoms with Crippen molar-refractivity contribution in [1.29, 1.82) is 0 Å². The second-order valence-corrected chi connectivity index (χ2v) is 47.7. The molecule has 0 aromatic heterocycles. The molecule has 3 atom stereocenters. The summed E-state index contributed by atoms with van der Waals surface area (Å²) in [6.45, 7) is 21.2. The molecule has 2 aliphatic carbocycles. The standard InChI is InChI=1S/C23H27.C20H21.2CH3.2ClH.H2Si.Zr/c1-5-7-17(4)21-14-20-8-6-9-22(23(20)15-21)19-12-10-18(11-13-19)16(2)3;1-14-12-16-6-5-7-18(19(16)13-14)15-8-10-17(11-9-15)20(2,3)4;;;;;;/h6,8-17H,5,7H2,1-4H3;5-13H,1-4H3;2*1H3;2*1H;1H2;. The van der Waals surface area contributed by atoms with E-state index in [9.17, 15) is 0 Å². The van der Waals surface area contributed by atoms with E-state index in [0.29, 0.717) is 19.1 Å². The fourth-order valence-electron chi connectivity index (χ4n) is 9.19. The zero-order valence-electron chi connectivity index (χ0n) is 31.5. The van der Waals surface area contributed by atoms with Gasteiger partial charge in [-0.25, -0.2) is 0 Å². The molecule has 0 aliphatic heterocycles. The molecule has 0 fully saturated rings. The average Bonchev–Trinajstić information content (AvgIpc) is 3.60. The summed E-state index contributed by atoms with van der Waals surface area (Å²) >= 11 is -3.70. The van der Waals surface area contributed by atoms with Gasteiger partial charge in [0.15, 0.2) is 0 Å². The SMILES string of the molecule is CCCC(C)C1=Cc2c(-c3ccc(C(C)C)cc3)cccc2[CH]1[Zr]([CH3])([CH3])(=[SiH2])[CH]1C(C)=Cc2c(-c3ccc(C(C)(C)C)cc3)cccc21.Cl.Cl. The first-order chi connectivity index (χ1) is 22.1. The quantitative estimate of drug-likeness (QED) is 0.156. The molecule has 0 saturated heterocycles. The summed E-state index contributed by atoms with van der Waals surface area (Å²) < 4.78 is 6.62. The Bertz CT molecular complexity index is 1950. The molecule has 4 heteroatoms. The maximum atomic E-state index is 2.79. The molecule has 4 aromatic carbocycles. The van der Waals surface area contributed by atoms with E-state index in [1.807, 2.05) is 0 Å². The molecule has 0 spiro atoms. The number of allylic oxidation sites excluding steroid dienone is 2. The zero-order chi connectivity index (χ0) is 33.9. The first kappa shape index (κ1) is 39.8. The van der Waals surface area contributed by atoms with Crippen LogP contribution in [0.2, 0.25) is 9.26 Å². The maximum absolute atomic E-state index is 3.70. The molecule has 0 amide bonds. The average molecular weight is 789 g/mol. The maximum Gasteiger partial charge on any atom is -0.147 e. The van der Waals surface area contributed by atoms with Gasteiger partial charge in [0, 0.05) is 0 Å². The summed E-state index contributed by atoms with van der Waals surface area (Å²) in [4.78, 5) is 0. The van der Waals surface area contributed by atoms with Gasteiger partial charge in [0.1, 0.15) is 0 Å². The van der Waals surface area contributed by atoms with Crippen LogP contribution in [0.4, 0.5) is 0 Å². The fourth-order valence-corrected chi connectivity index (χ4v) is 29.6. The van der Waals surface area contributed by atoms with Gasteiger partial charge in [0.05, 0.1) is 0 Å². The van der Waals surface area contributed by atoms with Gasteiger partial charge in [-0.2, -0.15) is 0 Å². The summed E-state index contributed by atoms with van der Waals surface area (Å²) in [5, 5.41) is 0. The molecule has 260 valence electrons. The van der Waals surface area contributed by atoms with Gasteiger partial charge in [0.2, 0.25) is 0 Å². The molecule has 0 saturated carbocycles. The van der Waals surface area contributed by atoms with E-state index in [1.165, 1.54) is 57.3 Å². The summed E-state index contributed by atoms with van der Waals surface area (Å²) in [7, 11) is 0. The summed E-state index contributed by atoms with van der Waals surface area (Å²) in [6, 6.07) is 33.1. The summed E-state index contributed by atoms with van der Waals surface area (Å²) in [6.07, 6.45) is 7.68. The van der Waals surface area contributed by atoms with E-state index in [-0.39, 0.29) is 30.2 Å². The molecule has 4 aromatic rings. The van der Waals surface area contributed by atoms with E-state index in [2.05, 4.69) is 169 Å². The number of halogens is 2. The van der Waals surface area contributed by atoms with Gasteiger partial charge in [-0.05, 0) is 0 Å². The Kier molecular flexibility index (Phi) is 11.8. The van der Waals surface area contributed by atoms with Crippen LogP contribution in [0.3, 0.4) is 0 Å². The summed E-state index contributed by atoms with van der Waals surface area (Å²) in [5.74, 6) is 1.12. The van der Waals surface area contributed by atoms with Crippen LogP contribution < -0.4 is 0 Å². The van der Waals surface area contributed by atoms with E-state index in [0.717, 1.165) is 0 Å². The molecular formula is C45H58Cl2SiZr. The Hall–Kier alpha value is -1.96. The van der Waals surface area contributed by atoms with Crippen molar-refractivity contribution in [3.05, 3.63) is 129 Å². The van der Waals surface area contributed by atoms with E-state index >= 15 is 0 Å². The minimum Gasteiger partial charge on any atom is -0.147 e. The van der Waals surface area contributed by atoms with Crippen LogP contribution in [-0.4, -0.2) is 6.88 Å². The number of benzene rings is 4. The van der Waals surface area contributed by atoms with Gasteiger partial charge >= 0.3 is 290 Å². The smallest absolute Gasteiger partial charge is 0.147 e. The minimum absolute atomic E-state index is 0. The first-order valence-electron chi connectivity index (χ1n) is 18.0. The minimum atomic E-state index is -3.70. The molecule has 6 rings (SSSR count). The second-order valence-electron chi connectivity index (χ2n) is 17.2. The zero-order valence-corrected chi connectivity index (χ0v) is 37.0. The number of hydrogen-bond acceptors (Lipinski definition) is 0. The number of rotatable bonds is 8. The largest absolute Gasteiger partial charge is 0.147 e. The molecule has 3 unspecified atom stereocenters. The Morgan fingerprint density at radius 1 is 0.694 bits per heavy atom. The molecule has 49 heavy (non-hydrogen) atoms. The molecule has 0 N–H and O–H groups in total. The fraction of sp³-hybridized carbons (Fsp3) is 0.378. The second kappa shape index (κ2) is 14.6. The number of hydrogen-bond donors (Lipinski definition) is 0. The van der Waals surface area contributed by atoms with E-state index in [4.69, 9.17) is 0 Å². The van der Waals surface area contributed by atoms with E-state index < -0.39 is 17.4 Å². The molecule has 2 aliphatic rings. The van der Waals surface area contributed by atoms with Crippen LogP contribution in [-0.2, 0) is 22.8 Å². The normalized spacial score (nSPS) is 17.8. The van der Waals surface area contributed by atoms with Crippen LogP contribution in [0.15, 0.2) is 96.1 Å². The van der Waals surface area contributed by atoms with Crippen molar-refractivity contribution in [3.63, 3.8) is 0 Å². The molecule has 0 bridgehead atoms. The van der Waals surface area contributed by atoms with Crippen LogP contribution in [0.1, 0.15) is 115 Å². The van der Waals surface area contributed by atoms with Gasteiger partial charge in [0.25, 0.3) is 0 Å². The van der Waals surface area contributed by atoms with Crippen LogP contribution in [0, 0.1) is 5.92 Å². The van der Waals surface area contributed by atoms with E-state index in [1.54, 1.807) is 22.3 Å². The summed E-state index contributed by atoms with van der Waals surface area (Å²) in [5.41, 5.74) is 17.8.